The number of hydrogen-bond donors (Lipinski definition) is 1. The second-order valence-electron chi connectivity index (χ2n) is 4.76. The number of nitrogens with one attached hydrogen (secondary N) is 1. The zero-order valence-electron chi connectivity index (χ0n) is 12.6. The molecule has 0 aliphatic heterocycles. The fourth-order valence-electron chi connectivity index (χ4n) is 1.88. The Morgan fingerprint density at radius 1 is 1.42 bits per heavy atom. The fourth-order valence-corrected chi connectivity index (χ4v) is 2.05. The Hall–Kier alpha value is -1.94. The molecule has 24 heavy (non-hydrogen) atoms. The summed E-state index contributed by atoms with van der Waals surface area (Å²) in [6.07, 6.45) is -0.107. The highest BCUT2D eigenvalue weighted by Crippen LogP contribution is 2.26. The third kappa shape index (κ3) is 5.03. The molecule has 6 nitrogen and oxygen atoms in total. The molecular formula is C15H13Cl3N4O2. The molecule has 0 saturated heterocycles. The molecule has 0 bridgehead atoms. The maximum absolute atomic E-state index is 11.9. The highest BCUT2D eigenvalue weighted by Gasteiger charge is 2.22. The van der Waals surface area contributed by atoms with Crippen molar-refractivity contribution in [2.45, 2.75) is 17.1 Å². The zero-order valence-corrected chi connectivity index (χ0v) is 14.9. The maximum atomic E-state index is 11.9. The van der Waals surface area contributed by atoms with Gasteiger partial charge < -0.3 is 4.74 Å². The van der Waals surface area contributed by atoms with Crippen molar-refractivity contribution in [2.75, 3.05) is 11.9 Å². The summed E-state index contributed by atoms with van der Waals surface area (Å²) < 4.78 is 4.67. The average Bonchev–Trinajstić information content (AvgIpc) is 2.95. The molecule has 0 fully saturated rings. The number of amides is 1. The van der Waals surface area contributed by atoms with E-state index in [1.165, 1.54) is 4.68 Å². The van der Waals surface area contributed by atoms with Crippen LogP contribution in [-0.4, -0.2) is 26.3 Å². The van der Waals surface area contributed by atoms with Crippen molar-refractivity contribution in [3.63, 3.8) is 0 Å². The van der Waals surface area contributed by atoms with Crippen LogP contribution in [-0.2, 0) is 11.2 Å². The Bertz CT molecular complexity index is 778. The van der Waals surface area contributed by atoms with Crippen LogP contribution in [0.25, 0.3) is 5.69 Å². The van der Waals surface area contributed by atoms with E-state index in [0.717, 1.165) is 5.69 Å². The first-order chi connectivity index (χ1) is 11.3. The van der Waals surface area contributed by atoms with Gasteiger partial charge in [0.15, 0.2) is 0 Å². The molecular weight excluding hydrogens is 375 g/mol. The number of alkyl halides is 3. The third-order valence-electron chi connectivity index (χ3n) is 2.94. The number of aromatic nitrogens is 2. The van der Waals surface area contributed by atoms with Crippen molar-refractivity contribution in [1.29, 1.82) is 5.26 Å². The summed E-state index contributed by atoms with van der Waals surface area (Å²) in [5.74, 6) is 0.385. The van der Waals surface area contributed by atoms with E-state index in [9.17, 15) is 4.79 Å². The quantitative estimate of drug-likeness (QED) is 0.796. The predicted molar refractivity (Wildman–Crippen MR) is 92.9 cm³/mol. The summed E-state index contributed by atoms with van der Waals surface area (Å²) >= 11 is 16.6. The number of nitrogens with zero attached hydrogens (tertiary/aromatic N) is 3. The van der Waals surface area contributed by atoms with E-state index in [0.29, 0.717) is 23.5 Å². The second-order valence-corrected chi connectivity index (χ2v) is 7.28. The van der Waals surface area contributed by atoms with Gasteiger partial charge >= 0.3 is 6.09 Å². The summed E-state index contributed by atoms with van der Waals surface area (Å²) in [4.78, 5) is 11.9. The molecule has 0 spiro atoms. The summed E-state index contributed by atoms with van der Waals surface area (Å²) in [6, 6.07) is 10.6. The maximum Gasteiger partial charge on any atom is 0.412 e. The number of carbonyl (C=O) groups excluding carboxylic acids is 1. The van der Waals surface area contributed by atoms with Crippen molar-refractivity contribution in [3.05, 3.63) is 41.6 Å². The molecule has 1 amide bonds. The minimum atomic E-state index is -1.69. The molecule has 0 unspecified atom stereocenters. The summed E-state index contributed by atoms with van der Waals surface area (Å²) in [6.45, 7) is 1.55. The normalized spacial score (nSPS) is 11.0. The van der Waals surface area contributed by atoms with Gasteiger partial charge in [-0.3, -0.25) is 5.32 Å². The molecule has 0 atom stereocenters. The van der Waals surface area contributed by atoms with Crippen LogP contribution in [0.5, 0.6) is 0 Å². The van der Waals surface area contributed by atoms with E-state index < -0.39 is 9.89 Å². The van der Waals surface area contributed by atoms with Gasteiger partial charge in [0.05, 0.1) is 23.0 Å². The van der Waals surface area contributed by atoms with Gasteiger partial charge in [-0.2, -0.15) is 10.4 Å². The van der Waals surface area contributed by atoms with E-state index in [1.807, 2.05) is 6.92 Å². The molecule has 1 aromatic heterocycles. The molecule has 126 valence electrons. The monoisotopic (exact) mass is 386 g/mol. The molecule has 0 aliphatic rings. The van der Waals surface area contributed by atoms with E-state index in [4.69, 9.17) is 44.8 Å². The number of rotatable bonds is 4. The molecule has 9 heteroatoms. The fraction of sp³-hybridized carbons (Fsp3) is 0.267. The van der Waals surface area contributed by atoms with Gasteiger partial charge in [-0.05, 0) is 24.6 Å². The number of ether oxygens (including phenoxy) is 1. The number of anilines is 1. The smallest absolute Gasteiger partial charge is 0.412 e. The van der Waals surface area contributed by atoms with Crippen molar-refractivity contribution in [2.24, 2.45) is 0 Å². The van der Waals surface area contributed by atoms with Gasteiger partial charge in [0, 0.05) is 6.07 Å². The molecule has 0 radical (unpaired) electrons. The van der Waals surface area contributed by atoms with Gasteiger partial charge in [-0.1, -0.05) is 47.8 Å². The van der Waals surface area contributed by atoms with Crippen molar-refractivity contribution in [1.82, 2.24) is 9.78 Å². The Kier molecular flexibility index (Phi) is 5.94. The number of benzene rings is 1. The van der Waals surface area contributed by atoms with Crippen LogP contribution in [0.4, 0.5) is 10.6 Å². The zero-order chi connectivity index (χ0) is 17.7. The molecule has 0 saturated carbocycles. The minimum Gasteiger partial charge on any atom is -0.445 e. The summed E-state index contributed by atoms with van der Waals surface area (Å²) in [7, 11) is 0. The van der Waals surface area contributed by atoms with Gasteiger partial charge in [-0.15, -0.1) is 0 Å². The molecule has 1 aromatic carbocycles. The van der Waals surface area contributed by atoms with Crippen LogP contribution in [0.2, 0.25) is 0 Å². The molecule has 2 rings (SSSR count). The number of nitriles is 1. The van der Waals surface area contributed by atoms with Crippen LogP contribution >= 0.6 is 34.8 Å². The molecule has 1 heterocycles. The van der Waals surface area contributed by atoms with Crippen LogP contribution in [0, 0.1) is 11.3 Å². The number of halogens is 3. The van der Waals surface area contributed by atoms with Crippen molar-refractivity contribution >= 4 is 46.7 Å². The second kappa shape index (κ2) is 7.75. The van der Waals surface area contributed by atoms with Crippen molar-refractivity contribution in [3.8, 4) is 11.8 Å². The van der Waals surface area contributed by atoms with Crippen LogP contribution in [0.1, 0.15) is 18.2 Å². The van der Waals surface area contributed by atoms with Crippen molar-refractivity contribution < 1.29 is 9.53 Å². The number of carbonyl (C=O) groups is 1. The Labute approximate surface area is 153 Å². The Balaban J connectivity index is 2.25. The lowest BCUT2D eigenvalue weighted by atomic mass is 10.2. The molecule has 1 N–H and O–H groups in total. The topological polar surface area (TPSA) is 79.9 Å². The first kappa shape index (κ1) is 18.4. The predicted octanol–water partition coefficient (Wildman–Crippen LogP) is 4.23. The number of hydrogen-bond acceptors (Lipinski definition) is 4. The Morgan fingerprint density at radius 3 is 2.79 bits per heavy atom. The standard InChI is InChI=1S/C15H13Cl3N4O2/c1-2-11-7-13(20-14(23)24-9-15(16,17)18)22(21-11)12-5-3-4-10(6-12)8-19/h3-7H,2,9H2,1H3,(H,20,23). The minimum absolute atomic E-state index is 0.385. The largest absolute Gasteiger partial charge is 0.445 e. The van der Waals surface area contributed by atoms with Gasteiger partial charge in [0.2, 0.25) is 3.79 Å². The molecule has 2 aromatic rings. The first-order valence-corrected chi connectivity index (χ1v) is 8.06. The lowest BCUT2D eigenvalue weighted by Crippen LogP contribution is -2.22. The molecule has 0 aliphatic carbocycles. The van der Waals surface area contributed by atoms with Gasteiger partial charge in [0.1, 0.15) is 12.4 Å². The summed E-state index contributed by atoms with van der Waals surface area (Å²) in [5, 5.41) is 16.0. The van der Waals surface area contributed by atoms with E-state index in [-0.39, 0.29) is 6.61 Å². The van der Waals surface area contributed by atoms with E-state index in [1.54, 1.807) is 30.3 Å². The SMILES string of the molecule is CCc1cc(NC(=O)OCC(Cl)(Cl)Cl)n(-c2cccc(C#N)c2)n1. The van der Waals surface area contributed by atoms with Gasteiger partial charge in [0.25, 0.3) is 0 Å². The number of aryl methyl sites for hydroxylation is 1. The first-order valence-electron chi connectivity index (χ1n) is 6.92. The van der Waals surface area contributed by atoms with Gasteiger partial charge in [-0.25, -0.2) is 9.48 Å². The lowest BCUT2D eigenvalue weighted by molar-refractivity contribution is 0.163. The Morgan fingerprint density at radius 2 is 2.17 bits per heavy atom. The highest BCUT2D eigenvalue weighted by atomic mass is 35.6. The van der Waals surface area contributed by atoms with E-state index >= 15 is 0 Å². The third-order valence-corrected chi connectivity index (χ3v) is 3.27. The lowest BCUT2D eigenvalue weighted by Gasteiger charge is -2.13. The van der Waals surface area contributed by atoms with Crippen LogP contribution in [0.15, 0.2) is 30.3 Å². The van der Waals surface area contributed by atoms with Crippen LogP contribution < -0.4 is 5.32 Å². The van der Waals surface area contributed by atoms with E-state index in [2.05, 4.69) is 16.5 Å². The average molecular weight is 388 g/mol. The highest BCUT2D eigenvalue weighted by molar-refractivity contribution is 6.67. The van der Waals surface area contributed by atoms with Crippen LogP contribution in [0.3, 0.4) is 0 Å². The summed E-state index contributed by atoms with van der Waals surface area (Å²) in [5.41, 5.74) is 1.87.